The number of nitro benzene ring substituents is 1. The lowest BCUT2D eigenvalue weighted by atomic mass is 10.1. The van der Waals surface area contributed by atoms with Crippen molar-refractivity contribution < 1.29 is 9.72 Å². The number of nitrogens with one attached hydrogen (secondary N) is 1. The van der Waals surface area contributed by atoms with Crippen LogP contribution in [-0.4, -0.2) is 34.9 Å². The highest BCUT2D eigenvalue weighted by molar-refractivity contribution is 5.79. The van der Waals surface area contributed by atoms with E-state index in [0.29, 0.717) is 24.7 Å². The van der Waals surface area contributed by atoms with Crippen molar-refractivity contribution in [3.8, 4) is 0 Å². The molecule has 2 aliphatic rings. The van der Waals surface area contributed by atoms with E-state index in [1.165, 1.54) is 0 Å². The molecule has 1 atom stereocenters. The Morgan fingerprint density at radius 2 is 2.19 bits per heavy atom. The fraction of sp³-hybridized carbons (Fsp3) is 0.533. The molecule has 0 unspecified atom stereocenters. The van der Waals surface area contributed by atoms with E-state index in [1.807, 2.05) is 17.9 Å². The third-order valence-electron chi connectivity index (χ3n) is 4.16. The minimum atomic E-state index is -0.369. The normalized spacial score (nSPS) is 21.7. The number of carbonyl (C=O) groups excluding carboxylic acids is 1. The fourth-order valence-corrected chi connectivity index (χ4v) is 2.88. The number of rotatable bonds is 5. The van der Waals surface area contributed by atoms with Gasteiger partial charge in [-0.2, -0.15) is 0 Å². The van der Waals surface area contributed by atoms with Crippen molar-refractivity contribution in [3.63, 3.8) is 0 Å². The molecule has 0 radical (unpaired) electrons. The van der Waals surface area contributed by atoms with E-state index < -0.39 is 0 Å². The minimum Gasteiger partial charge on any atom is -0.379 e. The molecule has 1 aromatic carbocycles. The molecule has 112 valence electrons. The molecule has 1 aromatic rings. The number of amides is 1. The lowest BCUT2D eigenvalue weighted by molar-refractivity contribution is -0.384. The van der Waals surface area contributed by atoms with Crippen LogP contribution < -0.4 is 5.32 Å². The van der Waals surface area contributed by atoms with Gasteiger partial charge in [-0.15, -0.1) is 0 Å². The molecule has 1 amide bonds. The van der Waals surface area contributed by atoms with Gasteiger partial charge in [0.2, 0.25) is 5.91 Å². The van der Waals surface area contributed by atoms with Gasteiger partial charge in [-0.3, -0.25) is 14.9 Å². The van der Waals surface area contributed by atoms with Crippen molar-refractivity contribution in [2.24, 2.45) is 5.92 Å². The van der Waals surface area contributed by atoms with Crippen LogP contribution in [0.1, 0.15) is 24.8 Å². The van der Waals surface area contributed by atoms with E-state index in [2.05, 4.69) is 5.32 Å². The molecule has 1 N–H and O–H groups in total. The molecule has 6 heteroatoms. The molecule has 0 bridgehead atoms. The summed E-state index contributed by atoms with van der Waals surface area (Å²) >= 11 is 0. The third kappa shape index (κ3) is 2.99. The lowest BCUT2D eigenvalue weighted by Gasteiger charge is -2.16. The van der Waals surface area contributed by atoms with Crippen LogP contribution in [0, 0.1) is 23.0 Å². The largest absolute Gasteiger partial charge is 0.379 e. The molecule has 6 nitrogen and oxygen atoms in total. The van der Waals surface area contributed by atoms with Gasteiger partial charge < -0.3 is 10.2 Å². The maximum Gasteiger partial charge on any atom is 0.292 e. The SMILES string of the molecule is Cc1ccc(NC[C@@H]2CC(=O)N(C3CC3)C2)c([N+](=O)[O-])c1. The van der Waals surface area contributed by atoms with Crippen LogP contribution in [0.15, 0.2) is 18.2 Å². The summed E-state index contributed by atoms with van der Waals surface area (Å²) in [5.74, 6) is 0.460. The summed E-state index contributed by atoms with van der Waals surface area (Å²) in [5.41, 5.74) is 1.49. The van der Waals surface area contributed by atoms with Crippen molar-refractivity contribution in [1.82, 2.24) is 4.90 Å². The number of hydrogen-bond acceptors (Lipinski definition) is 4. The van der Waals surface area contributed by atoms with Gasteiger partial charge in [-0.25, -0.2) is 0 Å². The number of likely N-dealkylation sites (tertiary alicyclic amines) is 1. The number of benzene rings is 1. The van der Waals surface area contributed by atoms with Crippen LogP contribution in [0.2, 0.25) is 0 Å². The molecule has 1 aliphatic heterocycles. The van der Waals surface area contributed by atoms with Crippen LogP contribution in [-0.2, 0) is 4.79 Å². The third-order valence-corrected chi connectivity index (χ3v) is 4.16. The second-order valence-electron chi connectivity index (χ2n) is 6.01. The molecular weight excluding hydrogens is 270 g/mol. The smallest absolute Gasteiger partial charge is 0.292 e. The zero-order valence-corrected chi connectivity index (χ0v) is 12.0. The maximum atomic E-state index is 11.9. The number of carbonyl (C=O) groups is 1. The second-order valence-corrected chi connectivity index (χ2v) is 6.01. The average Bonchev–Trinajstić information content (AvgIpc) is 3.21. The van der Waals surface area contributed by atoms with E-state index in [0.717, 1.165) is 24.9 Å². The second kappa shape index (κ2) is 5.35. The summed E-state index contributed by atoms with van der Waals surface area (Å²) < 4.78 is 0. The van der Waals surface area contributed by atoms with Crippen molar-refractivity contribution in [1.29, 1.82) is 0 Å². The molecule has 2 fully saturated rings. The Balaban J connectivity index is 1.63. The Kier molecular flexibility index (Phi) is 3.53. The Labute approximate surface area is 123 Å². The van der Waals surface area contributed by atoms with Crippen LogP contribution >= 0.6 is 0 Å². The number of nitro groups is 1. The van der Waals surface area contributed by atoms with E-state index in [4.69, 9.17) is 0 Å². The lowest BCUT2D eigenvalue weighted by Crippen LogP contribution is -2.28. The number of hydrogen-bond donors (Lipinski definition) is 1. The van der Waals surface area contributed by atoms with Gasteiger partial charge in [0.1, 0.15) is 5.69 Å². The summed E-state index contributed by atoms with van der Waals surface area (Å²) in [6.45, 7) is 3.20. The van der Waals surface area contributed by atoms with Crippen molar-refractivity contribution in [2.45, 2.75) is 32.2 Å². The molecule has 21 heavy (non-hydrogen) atoms. The standard InChI is InChI=1S/C15H19N3O3/c1-10-2-5-13(14(6-10)18(20)21)16-8-11-7-15(19)17(9-11)12-3-4-12/h2,5-6,11-12,16H,3-4,7-9H2,1H3/t11-/m0/s1. The van der Waals surface area contributed by atoms with Gasteiger partial charge in [-0.05, 0) is 31.4 Å². The summed E-state index contributed by atoms with van der Waals surface area (Å²) in [6, 6.07) is 5.61. The monoisotopic (exact) mass is 289 g/mol. The minimum absolute atomic E-state index is 0.0957. The first-order valence-corrected chi connectivity index (χ1v) is 7.33. The summed E-state index contributed by atoms with van der Waals surface area (Å²) in [4.78, 5) is 24.6. The molecular formula is C15H19N3O3. The summed E-state index contributed by atoms with van der Waals surface area (Å²) in [6.07, 6.45) is 2.79. The summed E-state index contributed by atoms with van der Waals surface area (Å²) in [7, 11) is 0. The highest BCUT2D eigenvalue weighted by Gasteiger charge is 2.39. The molecule has 0 aromatic heterocycles. The first-order chi connectivity index (χ1) is 10.0. The Morgan fingerprint density at radius 3 is 2.86 bits per heavy atom. The Bertz CT molecular complexity index is 584. The molecule has 1 saturated heterocycles. The van der Waals surface area contributed by atoms with Gasteiger partial charge in [0, 0.05) is 37.5 Å². The van der Waals surface area contributed by atoms with E-state index in [-0.39, 0.29) is 22.4 Å². The molecule has 0 spiro atoms. The molecule has 1 aliphatic carbocycles. The van der Waals surface area contributed by atoms with Crippen molar-refractivity contribution in [3.05, 3.63) is 33.9 Å². The quantitative estimate of drug-likeness (QED) is 0.666. The fourth-order valence-electron chi connectivity index (χ4n) is 2.88. The number of anilines is 1. The first kappa shape index (κ1) is 13.9. The number of aryl methyl sites for hydroxylation is 1. The van der Waals surface area contributed by atoms with Crippen LogP contribution in [0.3, 0.4) is 0 Å². The zero-order valence-electron chi connectivity index (χ0n) is 12.0. The predicted octanol–water partition coefficient (Wildman–Crippen LogP) is 2.33. The summed E-state index contributed by atoms with van der Waals surface area (Å²) in [5, 5.41) is 14.2. The highest BCUT2D eigenvalue weighted by Crippen LogP contribution is 2.33. The van der Waals surface area contributed by atoms with E-state index in [1.54, 1.807) is 12.1 Å². The molecule has 3 rings (SSSR count). The Hall–Kier alpha value is -2.11. The predicted molar refractivity (Wildman–Crippen MR) is 79.2 cm³/mol. The topological polar surface area (TPSA) is 75.5 Å². The van der Waals surface area contributed by atoms with Gasteiger partial charge >= 0.3 is 0 Å². The van der Waals surface area contributed by atoms with Crippen molar-refractivity contribution >= 4 is 17.3 Å². The first-order valence-electron chi connectivity index (χ1n) is 7.33. The van der Waals surface area contributed by atoms with E-state index >= 15 is 0 Å². The van der Waals surface area contributed by atoms with Crippen LogP contribution in [0.5, 0.6) is 0 Å². The zero-order chi connectivity index (χ0) is 15.0. The molecule has 1 saturated carbocycles. The van der Waals surface area contributed by atoms with Gasteiger partial charge in [-0.1, -0.05) is 6.07 Å². The van der Waals surface area contributed by atoms with E-state index in [9.17, 15) is 14.9 Å². The average molecular weight is 289 g/mol. The highest BCUT2D eigenvalue weighted by atomic mass is 16.6. The van der Waals surface area contributed by atoms with Gasteiger partial charge in [0.25, 0.3) is 5.69 Å². The van der Waals surface area contributed by atoms with Gasteiger partial charge in [0.15, 0.2) is 0 Å². The van der Waals surface area contributed by atoms with Crippen molar-refractivity contribution in [2.75, 3.05) is 18.4 Å². The number of nitrogens with zero attached hydrogens (tertiary/aromatic N) is 2. The van der Waals surface area contributed by atoms with Gasteiger partial charge in [0.05, 0.1) is 4.92 Å². The maximum absolute atomic E-state index is 11.9. The molecule has 1 heterocycles. The Morgan fingerprint density at radius 1 is 1.43 bits per heavy atom. The van der Waals surface area contributed by atoms with Crippen LogP contribution in [0.25, 0.3) is 0 Å². The van der Waals surface area contributed by atoms with Crippen LogP contribution in [0.4, 0.5) is 11.4 Å².